The Labute approximate surface area is 412 Å². The molecule has 0 N–H and O–H groups in total. The number of rotatable bonds is 6. The predicted octanol–water partition coefficient (Wildman–Crippen LogP) is 15.6. The molecule has 0 atom stereocenters. The van der Waals surface area contributed by atoms with Crippen LogP contribution in [-0.4, -0.2) is 33.2 Å². The molecule has 0 radical (unpaired) electrons. The first-order chi connectivity index (χ1) is 38.1. The van der Waals surface area contributed by atoms with Gasteiger partial charge in [0, 0.05) is 48.8 Å². The monoisotopic (exact) mass is 901 g/mol. The van der Waals surface area contributed by atoms with E-state index in [0.29, 0.717) is 5.56 Å². The molecule has 0 aliphatic carbocycles. The topological polar surface area (TPSA) is 58.4 Å². The molecular weight excluding hydrogens is 855 g/mol. The lowest BCUT2D eigenvalue weighted by Gasteiger charge is -2.19. The van der Waals surface area contributed by atoms with E-state index in [9.17, 15) is 5.48 Å². The van der Waals surface area contributed by atoms with Crippen LogP contribution in [0.3, 0.4) is 0 Å². The van der Waals surface area contributed by atoms with E-state index in [1.54, 1.807) is 0 Å². The molecule has 15 rings (SSSR count). The average molecular weight is 902 g/mol. The Hall–Kier alpha value is -9.59. The number of nitrogens with zero attached hydrogens (tertiary/aromatic N) is 7. The molecule has 0 aliphatic heterocycles. The lowest BCUT2D eigenvalue weighted by atomic mass is 9.96. The number of hydrogen-bond acceptors (Lipinski definition) is 3. The van der Waals surface area contributed by atoms with Crippen LogP contribution in [-0.2, 0) is 0 Å². The first-order valence-electron chi connectivity index (χ1n) is 27.1. The van der Waals surface area contributed by atoms with Gasteiger partial charge in [0.25, 0.3) is 0 Å². The summed E-state index contributed by atoms with van der Waals surface area (Å²) < 4.78 is 81.0. The molecule has 0 saturated carbocycles. The normalized spacial score (nSPS) is 13.6. The van der Waals surface area contributed by atoms with E-state index < -0.39 is 48.3 Å². The van der Waals surface area contributed by atoms with Crippen molar-refractivity contribution in [3.05, 3.63) is 236 Å². The van der Waals surface area contributed by atoms with Gasteiger partial charge >= 0.3 is 0 Å². The number of hydrogen-bond donors (Lipinski definition) is 0. The van der Waals surface area contributed by atoms with Gasteiger partial charge in [-0.1, -0.05) is 170 Å². The van der Waals surface area contributed by atoms with Crippen LogP contribution in [0.2, 0.25) is 0 Å². The highest BCUT2D eigenvalue weighted by Gasteiger charge is 2.26. The lowest BCUT2D eigenvalue weighted by Crippen LogP contribution is -2.11. The third-order valence-electron chi connectivity index (χ3n) is 13.7. The predicted molar refractivity (Wildman–Crippen MR) is 288 cm³/mol. The van der Waals surface area contributed by atoms with Crippen molar-refractivity contribution in [1.82, 2.24) is 33.2 Å². The van der Waals surface area contributed by atoms with Crippen molar-refractivity contribution in [3.63, 3.8) is 0 Å². The van der Waals surface area contributed by atoms with Crippen LogP contribution in [0.1, 0.15) is 11.0 Å². The molecule has 326 valence electrons. The van der Waals surface area contributed by atoms with Crippen LogP contribution in [0.5, 0.6) is 0 Å². The second-order valence-corrected chi connectivity index (χ2v) is 17.4. The lowest BCUT2D eigenvalue weighted by molar-refractivity contribution is 0.892. The number of aromatic nitrogens is 7. The Balaban J connectivity index is 1.12. The van der Waals surface area contributed by atoms with E-state index in [1.165, 1.54) is 4.57 Å². The van der Waals surface area contributed by atoms with Crippen LogP contribution in [0.25, 0.3) is 133 Å². The highest BCUT2D eigenvalue weighted by Crippen LogP contribution is 2.43. The Kier molecular flexibility index (Phi) is 6.71. The van der Waals surface area contributed by atoms with E-state index in [-0.39, 0.29) is 39.5 Å². The quantitative estimate of drug-likeness (QED) is 0.167. The zero-order valence-electron chi connectivity index (χ0n) is 45.0. The van der Waals surface area contributed by atoms with Gasteiger partial charge in [0.15, 0.2) is 5.82 Å². The summed E-state index contributed by atoms with van der Waals surface area (Å²) in [4.78, 5) is 16.3. The highest BCUT2D eigenvalue weighted by molar-refractivity contribution is 6.13. The third-order valence-corrected chi connectivity index (χ3v) is 13.7. The van der Waals surface area contributed by atoms with Crippen LogP contribution in [0, 0.1) is 0 Å². The summed E-state index contributed by atoms with van der Waals surface area (Å²) in [6.45, 7) is 0. The van der Waals surface area contributed by atoms with E-state index in [4.69, 9.17) is 20.4 Å². The third kappa shape index (κ3) is 5.54. The first kappa shape index (κ1) is 31.4. The van der Waals surface area contributed by atoms with Gasteiger partial charge in [-0.05, 0) is 77.8 Å². The van der Waals surface area contributed by atoms with Gasteiger partial charge in [0.1, 0.15) is 0 Å². The Morgan fingerprint density at radius 2 is 0.714 bits per heavy atom. The fourth-order valence-electron chi connectivity index (χ4n) is 10.8. The molecule has 0 saturated heterocycles. The molecule has 0 fully saturated rings. The molecule has 70 heavy (non-hydrogen) atoms. The molecule has 0 unspecified atom stereocenters. The van der Waals surface area contributed by atoms with E-state index in [1.807, 2.05) is 95.6 Å². The molecule has 5 aromatic heterocycles. The molecule has 0 amide bonds. The summed E-state index contributed by atoms with van der Waals surface area (Å²) >= 11 is 0. The summed E-state index contributed by atoms with van der Waals surface area (Å²) in [6, 6.07) is 59.6. The second kappa shape index (κ2) is 15.0. The van der Waals surface area contributed by atoms with Crippen LogP contribution < -0.4 is 0 Å². The SMILES string of the molecule is [2H]c1c([2H])c([2H])c2c(c1[2H])c1c([2H])c([2H])c([2H])c([2H])c1n2-c1nc(-c2c(-c3cccc(-n4c5ccccc5c5ccccc54)c3)cccc2-n2c3ccccc3c3ccccc32)nc(-n2c3ccccc3c3ccccc32)n1. The van der Waals surface area contributed by atoms with Crippen LogP contribution in [0.4, 0.5) is 0 Å². The average Bonchev–Trinajstić information content (AvgIpc) is 4.02. The highest BCUT2D eigenvalue weighted by atomic mass is 15.3. The van der Waals surface area contributed by atoms with Gasteiger partial charge in [0.05, 0.1) is 66.4 Å². The summed E-state index contributed by atoms with van der Waals surface area (Å²) in [5.41, 5.74) is 9.16. The molecule has 15 aromatic rings. The first-order valence-corrected chi connectivity index (χ1v) is 23.1. The summed E-state index contributed by atoms with van der Waals surface area (Å²) in [5, 5.41) is 6.02. The van der Waals surface area contributed by atoms with Crippen LogP contribution in [0.15, 0.2) is 236 Å². The van der Waals surface area contributed by atoms with Crippen molar-refractivity contribution >= 4 is 87.2 Å². The maximum atomic E-state index is 9.52. The Bertz CT molecular complexity index is 4870. The Morgan fingerprint density at radius 3 is 1.20 bits per heavy atom. The maximum Gasteiger partial charge on any atom is 0.240 e. The Morgan fingerprint density at radius 1 is 0.314 bits per heavy atom. The van der Waals surface area contributed by atoms with Gasteiger partial charge in [-0.2, -0.15) is 15.0 Å². The standard InChI is InChI=1S/C63H39N7/c1-9-30-51-43(21-1)44-22-2-10-31-52(44)67(51)41-20-17-19-40(39-41)42-29-18-38-59(68-53-32-11-3-23-45(53)46-24-4-12-33-54(46)68)60(42)61-64-62(69-55-34-13-5-25-47(55)48-26-6-14-35-56(48)69)66-63(65-61)70-57-36-15-7-27-49(57)50-28-8-16-37-58(50)70/h1-39H/i5D,6D,13D,14D,25D,26D,34D,35D. The number of fused-ring (bicyclic) bond motifs is 12. The fourth-order valence-corrected chi connectivity index (χ4v) is 10.8. The van der Waals surface area contributed by atoms with E-state index in [0.717, 1.165) is 87.9 Å². The zero-order chi connectivity index (χ0) is 52.8. The maximum absolute atomic E-state index is 9.52. The number of benzene rings is 10. The minimum atomic E-state index is -0.550. The van der Waals surface area contributed by atoms with E-state index in [2.05, 4.69) is 106 Å². The zero-order valence-corrected chi connectivity index (χ0v) is 37.0. The van der Waals surface area contributed by atoms with Gasteiger partial charge < -0.3 is 9.13 Å². The molecule has 0 spiro atoms. The van der Waals surface area contributed by atoms with Crippen molar-refractivity contribution < 1.29 is 11.0 Å². The second-order valence-electron chi connectivity index (χ2n) is 17.4. The van der Waals surface area contributed by atoms with Gasteiger partial charge in [-0.3, -0.25) is 9.13 Å². The summed E-state index contributed by atoms with van der Waals surface area (Å²) in [7, 11) is 0. The summed E-state index contributed by atoms with van der Waals surface area (Å²) in [6.07, 6.45) is 0. The van der Waals surface area contributed by atoms with Crippen molar-refractivity contribution in [3.8, 4) is 45.8 Å². The molecule has 0 aliphatic rings. The van der Waals surface area contributed by atoms with Crippen molar-refractivity contribution in [2.75, 3.05) is 0 Å². The van der Waals surface area contributed by atoms with Crippen molar-refractivity contribution in [1.29, 1.82) is 0 Å². The molecule has 5 heterocycles. The fraction of sp³-hybridized carbons (Fsp3) is 0. The minimum absolute atomic E-state index is 0.0865. The van der Waals surface area contributed by atoms with Gasteiger partial charge in [0.2, 0.25) is 11.9 Å². The van der Waals surface area contributed by atoms with Crippen molar-refractivity contribution in [2.45, 2.75) is 0 Å². The van der Waals surface area contributed by atoms with Gasteiger partial charge in [-0.15, -0.1) is 0 Å². The summed E-state index contributed by atoms with van der Waals surface area (Å²) in [5.74, 6) is 0.211. The van der Waals surface area contributed by atoms with Crippen LogP contribution >= 0.6 is 0 Å². The van der Waals surface area contributed by atoms with Gasteiger partial charge in [-0.25, -0.2) is 0 Å². The minimum Gasteiger partial charge on any atom is -0.309 e. The molecule has 7 heteroatoms. The molecule has 7 nitrogen and oxygen atoms in total. The molecular formula is C63H39N7. The number of para-hydroxylation sites is 8. The molecule has 0 bridgehead atoms. The van der Waals surface area contributed by atoms with Crippen molar-refractivity contribution in [2.24, 2.45) is 0 Å². The smallest absolute Gasteiger partial charge is 0.240 e. The van der Waals surface area contributed by atoms with E-state index >= 15 is 0 Å². The molecule has 10 aromatic carbocycles. The largest absolute Gasteiger partial charge is 0.309 e.